The highest BCUT2D eigenvalue weighted by Gasteiger charge is 2.16. The van der Waals surface area contributed by atoms with E-state index in [1.165, 1.54) is 11.0 Å². The lowest BCUT2D eigenvalue weighted by molar-refractivity contribution is -0.140. The van der Waals surface area contributed by atoms with E-state index in [0.717, 1.165) is 0 Å². The van der Waals surface area contributed by atoms with Crippen molar-refractivity contribution < 1.29 is 13.9 Å². The van der Waals surface area contributed by atoms with Crippen LogP contribution in [0.25, 0.3) is 0 Å². The van der Waals surface area contributed by atoms with E-state index in [1.807, 2.05) is 20.8 Å². The highest BCUT2D eigenvalue weighted by molar-refractivity contribution is 5.77. The molecule has 100 valence electrons. The van der Waals surface area contributed by atoms with Gasteiger partial charge in [-0.2, -0.15) is 0 Å². The molecule has 0 atom stereocenters. The van der Waals surface area contributed by atoms with Crippen LogP contribution in [0.15, 0.2) is 24.3 Å². The van der Waals surface area contributed by atoms with Crippen LogP contribution in [0, 0.1) is 5.82 Å². The number of ether oxygens (including phenoxy) is 1. The second-order valence-electron chi connectivity index (χ2n) is 5.24. The van der Waals surface area contributed by atoms with Crippen LogP contribution < -0.4 is 0 Å². The molecule has 0 heterocycles. The summed E-state index contributed by atoms with van der Waals surface area (Å²) in [5.74, 6) is -0.456. The van der Waals surface area contributed by atoms with Crippen molar-refractivity contribution in [1.82, 2.24) is 4.90 Å². The van der Waals surface area contributed by atoms with Gasteiger partial charge in [0.2, 0.25) is 5.91 Å². The van der Waals surface area contributed by atoms with Gasteiger partial charge >= 0.3 is 0 Å². The normalized spacial score (nSPS) is 11.4. The fourth-order valence-corrected chi connectivity index (χ4v) is 1.36. The first kappa shape index (κ1) is 14.6. The lowest BCUT2D eigenvalue weighted by Crippen LogP contribution is -2.33. The van der Waals surface area contributed by atoms with Crippen molar-refractivity contribution in [2.45, 2.75) is 32.9 Å². The fraction of sp³-hybridized carbons (Fsp3) is 0.500. The first-order valence-corrected chi connectivity index (χ1v) is 5.91. The van der Waals surface area contributed by atoms with E-state index >= 15 is 0 Å². The van der Waals surface area contributed by atoms with Crippen molar-refractivity contribution in [3.05, 3.63) is 35.6 Å². The summed E-state index contributed by atoms with van der Waals surface area (Å²) in [4.78, 5) is 13.2. The minimum absolute atomic E-state index is 0.00839. The van der Waals surface area contributed by atoms with Gasteiger partial charge in [-0.1, -0.05) is 18.2 Å². The van der Waals surface area contributed by atoms with Crippen LogP contribution in [0.3, 0.4) is 0 Å². The van der Waals surface area contributed by atoms with Crippen LogP contribution >= 0.6 is 0 Å². The molecular formula is C14H20FNO2. The minimum atomic E-state index is -0.353. The van der Waals surface area contributed by atoms with Gasteiger partial charge in [0, 0.05) is 19.2 Å². The quantitative estimate of drug-likeness (QED) is 0.825. The average molecular weight is 253 g/mol. The molecule has 0 spiro atoms. The van der Waals surface area contributed by atoms with Crippen LogP contribution in [0.1, 0.15) is 26.3 Å². The summed E-state index contributed by atoms with van der Waals surface area (Å²) in [5, 5.41) is 0. The Bertz CT molecular complexity index is 413. The predicted molar refractivity (Wildman–Crippen MR) is 68.6 cm³/mol. The van der Waals surface area contributed by atoms with E-state index < -0.39 is 0 Å². The topological polar surface area (TPSA) is 29.5 Å². The Morgan fingerprint density at radius 1 is 1.33 bits per heavy atom. The number of benzene rings is 1. The van der Waals surface area contributed by atoms with E-state index in [-0.39, 0.29) is 30.5 Å². The molecule has 0 aliphatic carbocycles. The molecule has 0 aliphatic heterocycles. The number of hydrogen-bond acceptors (Lipinski definition) is 2. The van der Waals surface area contributed by atoms with E-state index in [0.29, 0.717) is 5.56 Å². The van der Waals surface area contributed by atoms with E-state index in [2.05, 4.69) is 0 Å². The van der Waals surface area contributed by atoms with Crippen LogP contribution in [-0.4, -0.2) is 30.1 Å². The van der Waals surface area contributed by atoms with E-state index in [9.17, 15) is 9.18 Å². The Morgan fingerprint density at radius 3 is 2.50 bits per heavy atom. The molecule has 0 aromatic heterocycles. The zero-order valence-electron chi connectivity index (χ0n) is 11.4. The van der Waals surface area contributed by atoms with Crippen LogP contribution in [0.2, 0.25) is 0 Å². The van der Waals surface area contributed by atoms with Crippen LogP contribution in [0.4, 0.5) is 4.39 Å². The molecule has 0 saturated heterocycles. The molecular weight excluding hydrogens is 233 g/mol. The van der Waals surface area contributed by atoms with Crippen LogP contribution in [0.5, 0.6) is 0 Å². The van der Waals surface area contributed by atoms with Gasteiger partial charge in [0.1, 0.15) is 12.4 Å². The Balaban J connectivity index is 2.53. The van der Waals surface area contributed by atoms with Gasteiger partial charge in [0.15, 0.2) is 0 Å². The molecule has 0 radical (unpaired) electrons. The van der Waals surface area contributed by atoms with Gasteiger partial charge in [0.25, 0.3) is 0 Å². The molecule has 0 N–H and O–H groups in total. The number of rotatable bonds is 4. The zero-order chi connectivity index (χ0) is 13.8. The summed E-state index contributed by atoms with van der Waals surface area (Å²) >= 11 is 0. The molecule has 1 amide bonds. The monoisotopic (exact) mass is 253 g/mol. The number of amides is 1. The number of carbonyl (C=O) groups excluding carboxylic acids is 1. The van der Waals surface area contributed by atoms with Crippen molar-refractivity contribution >= 4 is 5.91 Å². The third-order valence-corrected chi connectivity index (χ3v) is 2.42. The third kappa shape index (κ3) is 4.84. The summed E-state index contributed by atoms with van der Waals surface area (Å²) < 4.78 is 18.8. The summed E-state index contributed by atoms with van der Waals surface area (Å²) in [7, 11) is 1.64. The molecule has 0 bridgehead atoms. The Morgan fingerprint density at radius 2 is 1.94 bits per heavy atom. The SMILES string of the molecule is CN(Cc1ccccc1F)C(=O)COC(C)(C)C. The minimum Gasteiger partial charge on any atom is -0.366 e. The molecule has 1 aromatic carbocycles. The summed E-state index contributed by atoms with van der Waals surface area (Å²) in [6, 6.07) is 6.44. The third-order valence-electron chi connectivity index (χ3n) is 2.42. The molecule has 4 heteroatoms. The Hall–Kier alpha value is -1.42. The van der Waals surface area contributed by atoms with Gasteiger partial charge in [0.05, 0.1) is 5.60 Å². The Labute approximate surface area is 108 Å². The maximum Gasteiger partial charge on any atom is 0.248 e. The smallest absolute Gasteiger partial charge is 0.248 e. The first-order valence-electron chi connectivity index (χ1n) is 5.91. The number of nitrogens with zero attached hydrogens (tertiary/aromatic N) is 1. The van der Waals surface area contributed by atoms with Gasteiger partial charge in [-0.25, -0.2) is 4.39 Å². The van der Waals surface area contributed by atoms with E-state index in [4.69, 9.17) is 4.74 Å². The van der Waals surface area contributed by atoms with Gasteiger partial charge in [-0.3, -0.25) is 4.79 Å². The predicted octanol–water partition coefficient (Wildman–Crippen LogP) is 2.60. The molecule has 1 aromatic rings. The standard InChI is InChI=1S/C14H20FNO2/c1-14(2,3)18-10-13(17)16(4)9-11-7-5-6-8-12(11)15/h5-8H,9-10H2,1-4H3. The number of likely N-dealkylation sites (N-methyl/N-ethyl adjacent to an activating group) is 1. The van der Waals surface area contributed by atoms with Crippen molar-refractivity contribution in [3.63, 3.8) is 0 Å². The highest BCUT2D eigenvalue weighted by atomic mass is 19.1. The highest BCUT2D eigenvalue weighted by Crippen LogP contribution is 2.10. The summed E-state index contributed by atoms with van der Waals surface area (Å²) in [6.45, 7) is 5.92. The largest absolute Gasteiger partial charge is 0.366 e. The molecule has 0 fully saturated rings. The fourth-order valence-electron chi connectivity index (χ4n) is 1.36. The zero-order valence-corrected chi connectivity index (χ0v) is 11.4. The van der Waals surface area contributed by atoms with Crippen molar-refractivity contribution in [3.8, 4) is 0 Å². The first-order chi connectivity index (χ1) is 8.29. The van der Waals surface area contributed by atoms with Crippen LogP contribution in [-0.2, 0) is 16.1 Å². The lowest BCUT2D eigenvalue weighted by atomic mass is 10.2. The molecule has 18 heavy (non-hydrogen) atoms. The number of carbonyl (C=O) groups is 1. The number of halogens is 1. The average Bonchev–Trinajstić information content (AvgIpc) is 2.28. The van der Waals surface area contributed by atoms with Crippen molar-refractivity contribution in [2.75, 3.05) is 13.7 Å². The lowest BCUT2D eigenvalue weighted by Gasteiger charge is -2.22. The van der Waals surface area contributed by atoms with E-state index in [1.54, 1.807) is 25.2 Å². The maximum absolute atomic E-state index is 13.4. The van der Waals surface area contributed by atoms with Gasteiger partial charge in [-0.05, 0) is 26.8 Å². The second-order valence-corrected chi connectivity index (χ2v) is 5.24. The molecule has 1 rings (SSSR count). The molecule has 0 aliphatic rings. The second kappa shape index (κ2) is 5.96. The van der Waals surface area contributed by atoms with Crippen molar-refractivity contribution in [2.24, 2.45) is 0 Å². The molecule has 0 unspecified atom stereocenters. The maximum atomic E-state index is 13.4. The summed E-state index contributed by atoms with van der Waals surface area (Å²) in [6.07, 6.45) is 0. The summed E-state index contributed by atoms with van der Waals surface area (Å²) in [5.41, 5.74) is 0.151. The number of hydrogen-bond donors (Lipinski definition) is 0. The van der Waals surface area contributed by atoms with Gasteiger partial charge < -0.3 is 9.64 Å². The Kier molecular flexibility index (Phi) is 4.84. The molecule has 3 nitrogen and oxygen atoms in total. The van der Waals surface area contributed by atoms with Crippen molar-refractivity contribution in [1.29, 1.82) is 0 Å². The van der Waals surface area contributed by atoms with Gasteiger partial charge in [-0.15, -0.1) is 0 Å². The molecule has 0 saturated carbocycles.